The fraction of sp³-hybridized carbons (Fsp3) is 0.500. The number of carbonyl (C=O) groups is 1. The third kappa shape index (κ3) is 5.82. The van der Waals surface area contributed by atoms with Gasteiger partial charge >= 0.3 is 0 Å². The number of nitrogens with zero attached hydrogens (tertiary/aromatic N) is 1. The predicted molar refractivity (Wildman–Crippen MR) is 83.4 cm³/mol. The average molecular weight is 360 g/mol. The Kier molecular flexibility index (Phi) is 6.63. The summed E-state index contributed by atoms with van der Waals surface area (Å²) in [6, 6.07) is 8.63. The molecule has 0 saturated carbocycles. The molecule has 0 aliphatic carbocycles. The Hall–Kier alpha value is -0.620. The van der Waals surface area contributed by atoms with Gasteiger partial charge in [0.1, 0.15) is 0 Å². The molecular weight excluding hydrogens is 339 g/mol. The summed E-state index contributed by atoms with van der Waals surface area (Å²) in [4.78, 5) is 13.9. The highest BCUT2D eigenvalue weighted by Gasteiger charge is 2.10. The van der Waals surface area contributed by atoms with Crippen LogP contribution in [0.1, 0.15) is 26.3 Å². The molecule has 1 rings (SSSR count). The minimum Gasteiger partial charge on any atom is -0.353 e. The van der Waals surface area contributed by atoms with Crippen LogP contribution in [0.15, 0.2) is 24.3 Å². The summed E-state index contributed by atoms with van der Waals surface area (Å²) in [5.41, 5.74) is 1.25. The Morgan fingerprint density at radius 3 is 2.44 bits per heavy atom. The van der Waals surface area contributed by atoms with Crippen molar-refractivity contribution >= 4 is 28.5 Å². The van der Waals surface area contributed by atoms with Gasteiger partial charge in [0.05, 0.1) is 6.54 Å². The summed E-state index contributed by atoms with van der Waals surface area (Å²) in [5, 5.41) is 2.92. The summed E-state index contributed by atoms with van der Waals surface area (Å²) < 4.78 is 1.23. The van der Waals surface area contributed by atoms with E-state index in [9.17, 15) is 4.79 Å². The van der Waals surface area contributed by atoms with E-state index < -0.39 is 0 Å². The first-order chi connectivity index (χ1) is 8.51. The first-order valence-electron chi connectivity index (χ1n) is 6.27. The van der Waals surface area contributed by atoms with E-state index in [1.54, 1.807) is 0 Å². The smallest absolute Gasteiger partial charge is 0.234 e. The van der Waals surface area contributed by atoms with E-state index in [0.717, 1.165) is 13.1 Å². The van der Waals surface area contributed by atoms with Gasteiger partial charge in [-0.25, -0.2) is 0 Å². The molecule has 0 spiro atoms. The topological polar surface area (TPSA) is 32.3 Å². The summed E-state index contributed by atoms with van der Waals surface area (Å²) in [5.74, 6) is 0.0948. The van der Waals surface area contributed by atoms with Crippen molar-refractivity contribution in [2.45, 2.75) is 33.4 Å². The predicted octanol–water partition coefficient (Wildman–Crippen LogP) is 2.64. The molecule has 1 amide bonds. The van der Waals surface area contributed by atoms with E-state index in [2.05, 4.69) is 64.0 Å². The van der Waals surface area contributed by atoms with Crippen molar-refractivity contribution in [3.05, 3.63) is 33.4 Å². The summed E-state index contributed by atoms with van der Waals surface area (Å²) in [6.45, 7) is 8.19. The highest BCUT2D eigenvalue weighted by molar-refractivity contribution is 14.1. The van der Waals surface area contributed by atoms with E-state index >= 15 is 0 Å². The number of halogens is 1. The van der Waals surface area contributed by atoms with Gasteiger partial charge in [0.2, 0.25) is 5.91 Å². The van der Waals surface area contributed by atoms with Crippen LogP contribution >= 0.6 is 22.6 Å². The first kappa shape index (κ1) is 15.4. The second-order valence-corrected chi connectivity index (χ2v) is 5.90. The zero-order chi connectivity index (χ0) is 13.5. The number of nitrogens with one attached hydrogen (secondary N) is 1. The minimum atomic E-state index is 0.0948. The lowest BCUT2D eigenvalue weighted by Gasteiger charge is -2.20. The molecule has 0 atom stereocenters. The number of rotatable bonds is 6. The van der Waals surface area contributed by atoms with Gasteiger partial charge in [0.25, 0.3) is 0 Å². The Bertz CT molecular complexity index is 376. The standard InChI is InChI=1S/C14H21IN2O/c1-4-17(10-14(18)16-11(2)3)9-12-5-7-13(15)8-6-12/h5-8,11H,4,9-10H2,1-3H3,(H,16,18). The van der Waals surface area contributed by atoms with Crippen LogP contribution in [0.5, 0.6) is 0 Å². The van der Waals surface area contributed by atoms with Crippen LogP contribution in [0.4, 0.5) is 0 Å². The van der Waals surface area contributed by atoms with Crippen molar-refractivity contribution in [1.29, 1.82) is 0 Å². The Morgan fingerprint density at radius 1 is 1.33 bits per heavy atom. The van der Waals surface area contributed by atoms with Crippen LogP contribution in [0.3, 0.4) is 0 Å². The quantitative estimate of drug-likeness (QED) is 0.792. The van der Waals surface area contributed by atoms with Gasteiger partial charge < -0.3 is 5.32 Å². The molecule has 0 aliphatic rings. The molecule has 1 N–H and O–H groups in total. The van der Waals surface area contributed by atoms with Crippen LogP contribution in [0.25, 0.3) is 0 Å². The molecule has 0 radical (unpaired) electrons. The largest absolute Gasteiger partial charge is 0.353 e. The fourth-order valence-electron chi connectivity index (χ4n) is 1.70. The molecule has 0 heterocycles. The van der Waals surface area contributed by atoms with Crippen LogP contribution in [-0.4, -0.2) is 29.9 Å². The number of likely N-dealkylation sites (N-methyl/N-ethyl adjacent to an activating group) is 1. The Labute approximate surface area is 123 Å². The van der Waals surface area contributed by atoms with E-state index in [-0.39, 0.29) is 11.9 Å². The Morgan fingerprint density at radius 2 is 1.94 bits per heavy atom. The molecule has 0 unspecified atom stereocenters. The summed E-state index contributed by atoms with van der Waals surface area (Å²) in [7, 11) is 0. The SMILES string of the molecule is CCN(CC(=O)NC(C)C)Cc1ccc(I)cc1. The van der Waals surface area contributed by atoms with Gasteiger partial charge in [-0.2, -0.15) is 0 Å². The minimum absolute atomic E-state index is 0.0948. The van der Waals surface area contributed by atoms with Crippen molar-refractivity contribution < 1.29 is 4.79 Å². The van der Waals surface area contributed by atoms with Crippen molar-refractivity contribution in [3.8, 4) is 0 Å². The molecule has 4 heteroatoms. The molecule has 0 bridgehead atoms. The van der Waals surface area contributed by atoms with E-state index in [1.807, 2.05) is 13.8 Å². The molecule has 1 aromatic carbocycles. The molecule has 1 aromatic rings. The third-order valence-electron chi connectivity index (χ3n) is 2.58. The number of hydrogen-bond acceptors (Lipinski definition) is 2. The van der Waals surface area contributed by atoms with Gasteiger partial charge in [-0.3, -0.25) is 9.69 Å². The maximum absolute atomic E-state index is 11.7. The second kappa shape index (κ2) is 7.74. The summed E-state index contributed by atoms with van der Waals surface area (Å²) >= 11 is 2.29. The molecule has 0 aromatic heterocycles. The molecule has 3 nitrogen and oxygen atoms in total. The highest BCUT2D eigenvalue weighted by atomic mass is 127. The molecule has 100 valence electrons. The van der Waals surface area contributed by atoms with Gasteiger partial charge in [0, 0.05) is 16.2 Å². The molecule has 0 fully saturated rings. The monoisotopic (exact) mass is 360 g/mol. The normalized spacial score (nSPS) is 11.0. The van der Waals surface area contributed by atoms with E-state index in [0.29, 0.717) is 6.54 Å². The Balaban J connectivity index is 2.51. The lowest BCUT2D eigenvalue weighted by molar-refractivity contribution is -0.122. The first-order valence-corrected chi connectivity index (χ1v) is 7.35. The van der Waals surface area contributed by atoms with Crippen LogP contribution in [0.2, 0.25) is 0 Å². The summed E-state index contributed by atoms with van der Waals surface area (Å²) in [6.07, 6.45) is 0. The van der Waals surface area contributed by atoms with E-state index in [4.69, 9.17) is 0 Å². The molecule has 0 saturated heterocycles. The van der Waals surface area contributed by atoms with Crippen LogP contribution in [0, 0.1) is 3.57 Å². The van der Waals surface area contributed by atoms with Crippen molar-refractivity contribution in [3.63, 3.8) is 0 Å². The van der Waals surface area contributed by atoms with Crippen molar-refractivity contribution in [1.82, 2.24) is 10.2 Å². The fourth-order valence-corrected chi connectivity index (χ4v) is 2.06. The molecular formula is C14H21IN2O. The van der Waals surface area contributed by atoms with Crippen molar-refractivity contribution in [2.75, 3.05) is 13.1 Å². The average Bonchev–Trinajstić information content (AvgIpc) is 2.30. The van der Waals surface area contributed by atoms with Gasteiger partial charge in [-0.05, 0) is 60.7 Å². The van der Waals surface area contributed by atoms with Crippen molar-refractivity contribution in [2.24, 2.45) is 0 Å². The lowest BCUT2D eigenvalue weighted by atomic mass is 10.2. The number of benzene rings is 1. The number of carbonyl (C=O) groups excluding carboxylic acids is 1. The zero-order valence-corrected chi connectivity index (χ0v) is 13.4. The van der Waals surface area contributed by atoms with Crippen LogP contribution in [-0.2, 0) is 11.3 Å². The maximum Gasteiger partial charge on any atom is 0.234 e. The van der Waals surface area contributed by atoms with E-state index in [1.165, 1.54) is 9.13 Å². The van der Waals surface area contributed by atoms with Gasteiger partial charge in [-0.15, -0.1) is 0 Å². The zero-order valence-electron chi connectivity index (χ0n) is 11.2. The molecule has 0 aliphatic heterocycles. The van der Waals surface area contributed by atoms with Gasteiger partial charge in [-0.1, -0.05) is 19.1 Å². The highest BCUT2D eigenvalue weighted by Crippen LogP contribution is 2.09. The number of amides is 1. The van der Waals surface area contributed by atoms with Crippen LogP contribution < -0.4 is 5.32 Å². The number of hydrogen-bond donors (Lipinski definition) is 1. The lowest BCUT2D eigenvalue weighted by Crippen LogP contribution is -2.39. The maximum atomic E-state index is 11.7. The second-order valence-electron chi connectivity index (χ2n) is 4.65. The third-order valence-corrected chi connectivity index (χ3v) is 3.30. The van der Waals surface area contributed by atoms with Gasteiger partial charge in [0.15, 0.2) is 0 Å². The molecule has 18 heavy (non-hydrogen) atoms.